The third-order valence-corrected chi connectivity index (χ3v) is 4.00. The van der Waals surface area contributed by atoms with Crippen molar-refractivity contribution in [3.8, 4) is 0 Å². The van der Waals surface area contributed by atoms with Gasteiger partial charge in [0.15, 0.2) is 5.82 Å². The van der Waals surface area contributed by atoms with Crippen molar-refractivity contribution < 1.29 is 19.2 Å². The van der Waals surface area contributed by atoms with Gasteiger partial charge in [-0.3, -0.25) is 9.59 Å². The first-order chi connectivity index (χ1) is 11.2. The predicted octanol–water partition coefficient (Wildman–Crippen LogP) is 0.822. The van der Waals surface area contributed by atoms with Crippen molar-refractivity contribution in [2.24, 2.45) is 0 Å². The van der Waals surface area contributed by atoms with E-state index >= 15 is 0 Å². The molecule has 1 aliphatic carbocycles. The van der Waals surface area contributed by atoms with Crippen LogP contribution in [-0.2, 0) is 15.0 Å². The van der Waals surface area contributed by atoms with Crippen LogP contribution in [0, 0.1) is 0 Å². The lowest BCUT2D eigenvalue weighted by Crippen LogP contribution is -2.49. The average Bonchev–Trinajstić information content (AvgIpc) is 3.24. The second-order valence-corrected chi connectivity index (χ2v) is 5.53. The van der Waals surface area contributed by atoms with E-state index in [-0.39, 0.29) is 11.7 Å². The minimum atomic E-state index is -1.04. The van der Waals surface area contributed by atoms with Gasteiger partial charge in [0, 0.05) is 6.07 Å². The zero-order valence-corrected chi connectivity index (χ0v) is 12.4. The number of hydrogen-bond acceptors (Lipinski definition) is 5. The molecule has 0 aliphatic heterocycles. The molecule has 7 heteroatoms. The van der Waals surface area contributed by atoms with Crippen molar-refractivity contribution in [2.45, 2.75) is 24.3 Å². The van der Waals surface area contributed by atoms with Crippen molar-refractivity contribution in [2.75, 3.05) is 11.9 Å². The summed E-state index contributed by atoms with van der Waals surface area (Å²) in [5.74, 6) is -0.566. The van der Waals surface area contributed by atoms with Gasteiger partial charge in [-0.2, -0.15) is 0 Å². The zero-order valence-electron chi connectivity index (χ0n) is 12.4. The third-order valence-electron chi connectivity index (χ3n) is 4.00. The minimum Gasteiger partial charge on any atom is -0.394 e. The molecule has 1 atom stereocenters. The standard InChI is InChI=1S/C16H17N3O4/c20-10-12(14(21)18-13-6-9-23-19-13)17-15(22)16(7-8-16)11-4-2-1-3-5-11/h1-6,9,12,20H,7-8,10H2,(H,17,22)(H,18,19,21)/t12-/m0/s1. The molecule has 1 aromatic carbocycles. The molecule has 2 aromatic rings. The molecule has 0 unspecified atom stereocenters. The summed E-state index contributed by atoms with van der Waals surface area (Å²) in [6.07, 6.45) is 2.77. The van der Waals surface area contributed by atoms with Crippen molar-refractivity contribution in [3.05, 3.63) is 48.2 Å². The van der Waals surface area contributed by atoms with E-state index in [9.17, 15) is 14.7 Å². The SMILES string of the molecule is O=C(Nc1ccon1)[C@H](CO)NC(=O)C1(c2ccccc2)CC1. The Morgan fingerprint density at radius 3 is 2.57 bits per heavy atom. The molecular formula is C16H17N3O4. The molecule has 1 aliphatic rings. The van der Waals surface area contributed by atoms with E-state index in [1.54, 1.807) is 0 Å². The van der Waals surface area contributed by atoms with Crippen LogP contribution >= 0.6 is 0 Å². The van der Waals surface area contributed by atoms with E-state index < -0.39 is 24.0 Å². The van der Waals surface area contributed by atoms with Crippen molar-refractivity contribution in [1.29, 1.82) is 0 Å². The van der Waals surface area contributed by atoms with Crippen molar-refractivity contribution in [3.63, 3.8) is 0 Å². The van der Waals surface area contributed by atoms with Crippen LogP contribution in [0.1, 0.15) is 18.4 Å². The van der Waals surface area contributed by atoms with Crippen LogP contribution < -0.4 is 10.6 Å². The first-order valence-electron chi connectivity index (χ1n) is 7.34. The van der Waals surface area contributed by atoms with Gasteiger partial charge in [0.1, 0.15) is 12.3 Å². The molecule has 0 spiro atoms. The number of nitrogens with zero attached hydrogens (tertiary/aromatic N) is 1. The molecule has 3 rings (SSSR count). The van der Waals surface area contributed by atoms with E-state index in [4.69, 9.17) is 0 Å². The van der Waals surface area contributed by atoms with Crippen molar-refractivity contribution in [1.82, 2.24) is 10.5 Å². The van der Waals surface area contributed by atoms with Crippen LogP contribution in [0.15, 0.2) is 47.2 Å². The molecule has 0 saturated heterocycles. The van der Waals surface area contributed by atoms with E-state index in [0.717, 1.165) is 18.4 Å². The highest BCUT2D eigenvalue weighted by atomic mass is 16.5. The van der Waals surface area contributed by atoms with Gasteiger partial charge in [-0.1, -0.05) is 35.5 Å². The summed E-state index contributed by atoms with van der Waals surface area (Å²) in [6, 6.07) is 9.87. The number of aromatic nitrogens is 1. The Bertz CT molecular complexity index is 681. The summed E-state index contributed by atoms with van der Waals surface area (Å²) >= 11 is 0. The summed E-state index contributed by atoms with van der Waals surface area (Å²) in [6.45, 7) is -0.500. The fourth-order valence-corrected chi connectivity index (χ4v) is 2.51. The van der Waals surface area contributed by atoms with E-state index in [1.807, 2.05) is 30.3 Å². The number of rotatable bonds is 6. The molecule has 1 heterocycles. The number of carbonyl (C=O) groups is 2. The highest BCUT2D eigenvalue weighted by Gasteiger charge is 2.51. The summed E-state index contributed by atoms with van der Waals surface area (Å²) < 4.78 is 4.62. The molecule has 2 amide bonds. The van der Waals surface area contributed by atoms with Crippen LogP contribution in [0.2, 0.25) is 0 Å². The Balaban J connectivity index is 1.67. The fourth-order valence-electron chi connectivity index (χ4n) is 2.51. The van der Waals surface area contributed by atoms with Gasteiger partial charge in [-0.25, -0.2) is 0 Å². The molecule has 1 aromatic heterocycles. The van der Waals surface area contributed by atoms with Gasteiger partial charge in [0.25, 0.3) is 5.91 Å². The lowest BCUT2D eigenvalue weighted by molar-refractivity contribution is -0.129. The first kappa shape index (κ1) is 15.2. The Kier molecular flexibility index (Phi) is 4.12. The maximum Gasteiger partial charge on any atom is 0.250 e. The highest BCUT2D eigenvalue weighted by molar-refractivity contribution is 5.99. The second kappa shape index (κ2) is 6.21. The fraction of sp³-hybridized carbons (Fsp3) is 0.312. The number of anilines is 1. The average molecular weight is 315 g/mol. The molecule has 3 N–H and O–H groups in total. The van der Waals surface area contributed by atoms with Gasteiger partial charge in [-0.05, 0) is 18.4 Å². The largest absolute Gasteiger partial charge is 0.394 e. The molecule has 23 heavy (non-hydrogen) atoms. The molecule has 1 saturated carbocycles. The topological polar surface area (TPSA) is 104 Å². The van der Waals surface area contributed by atoms with Crippen molar-refractivity contribution >= 4 is 17.6 Å². The lowest BCUT2D eigenvalue weighted by Gasteiger charge is -2.20. The first-order valence-corrected chi connectivity index (χ1v) is 7.34. The molecule has 7 nitrogen and oxygen atoms in total. The van der Waals surface area contributed by atoms with Gasteiger partial charge in [-0.15, -0.1) is 0 Å². The maximum atomic E-state index is 12.6. The van der Waals surface area contributed by atoms with Crippen LogP contribution in [0.5, 0.6) is 0 Å². The number of nitrogens with one attached hydrogen (secondary N) is 2. The summed E-state index contributed by atoms with van der Waals surface area (Å²) in [7, 11) is 0. The number of amides is 2. The van der Waals surface area contributed by atoms with Crippen LogP contribution in [0.3, 0.4) is 0 Å². The molecule has 120 valence electrons. The number of hydrogen-bond donors (Lipinski definition) is 3. The van der Waals surface area contributed by atoms with Gasteiger partial charge in [0.05, 0.1) is 12.0 Å². The van der Waals surface area contributed by atoms with E-state index in [0.29, 0.717) is 0 Å². The van der Waals surface area contributed by atoms with Gasteiger partial charge < -0.3 is 20.3 Å². The Morgan fingerprint density at radius 2 is 2.00 bits per heavy atom. The monoisotopic (exact) mass is 315 g/mol. The minimum absolute atomic E-state index is 0.229. The van der Waals surface area contributed by atoms with Crippen LogP contribution in [0.4, 0.5) is 5.82 Å². The number of aliphatic hydroxyl groups is 1. The molecular weight excluding hydrogens is 298 g/mol. The molecule has 0 bridgehead atoms. The van der Waals surface area contributed by atoms with Gasteiger partial charge >= 0.3 is 0 Å². The van der Waals surface area contributed by atoms with Crippen LogP contribution in [0.25, 0.3) is 0 Å². The van der Waals surface area contributed by atoms with E-state index in [2.05, 4.69) is 20.3 Å². The lowest BCUT2D eigenvalue weighted by atomic mass is 9.94. The molecule has 0 radical (unpaired) electrons. The Morgan fingerprint density at radius 1 is 1.26 bits per heavy atom. The second-order valence-electron chi connectivity index (χ2n) is 5.53. The number of aliphatic hydroxyl groups excluding tert-OH is 1. The Hall–Kier alpha value is -2.67. The van der Waals surface area contributed by atoms with Gasteiger partial charge in [0.2, 0.25) is 5.91 Å². The number of carbonyl (C=O) groups excluding carboxylic acids is 2. The van der Waals surface area contributed by atoms with E-state index in [1.165, 1.54) is 12.3 Å². The molecule has 1 fully saturated rings. The normalized spacial score (nSPS) is 16.4. The smallest absolute Gasteiger partial charge is 0.250 e. The Labute approximate surface area is 132 Å². The summed E-state index contributed by atoms with van der Waals surface area (Å²) in [5, 5.41) is 18.1. The maximum absolute atomic E-state index is 12.6. The number of benzene rings is 1. The summed E-state index contributed by atoms with van der Waals surface area (Å²) in [5.41, 5.74) is 0.328. The highest BCUT2D eigenvalue weighted by Crippen LogP contribution is 2.48. The predicted molar refractivity (Wildman–Crippen MR) is 81.5 cm³/mol. The quantitative estimate of drug-likeness (QED) is 0.732. The zero-order chi connectivity index (χ0) is 16.3. The summed E-state index contributed by atoms with van der Waals surface area (Å²) in [4.78, 5) is 24.7. The third kappa shape index (κ3) is 3.09. The van der Waals surface area contributed by atoms with Crippen LogP contribution in [-0.4, -0.2) is 34.7 Å².